The monoisotopic (exact) mass is 241 g/mol. The quantitative estimate of drug-likeness (QED) is 0.808. The number of phenols is 1. The number of hydrogen-bond donors (Lipinski definition) is 2. The molecule has 0 aliphatic carbocycles. The van der Waals surface area contributed by atoms with E-state index in [1.54, 1.807) is 0 Å². The molecule has 0 radical (unpaired) electrons. The molecule has 0 saturated carbocycles. The molecule has 1 aliphatic rings. The van der Waals surface area contributed by atoms with Crippen LogP contribution < -0.4 is 5.32 Å². The van der Waals surface area contributed by atoms with Gasteiger partial charge in [-0.05, 0) is 50.2 Å². The van der Waals surface area contributed by atoms with Gasteiger partial charge in [-0.2, -0.15) is 0 Å². The molecule has 1 aliphatic heterocycles. The van der Waals surface area contributed by atoms with Crippen LogP contribution in [0.2, 0.25) is 0 Å². The highest BCUT2D eigenvalue weighted by Crippen LogP contribution is 2.23. The van der Waals surface area contributed by atoms with Gasteiger partial charge in [0.15, 0.2) is 9.84 Å². The van der Waals surface area contributed by atoms with Crippen LogP contribution in [-0.2, 0) is 9.84 Å². The summed E-state index contributed by atoms with van der Waals surface area (Å²) in [7, 11) is -3.23. The molecule has 5 heteroatoms. The van der Waals surface area contributed by atoms with Crippen LogP contribution in [0.5, 0.6) is 5.75 Å². The minimum atomic E-state index is -3.23. The van der Waals surface area contributed by atoms with Gasteiger partial charge in [-0.3, -0.25) is 0 Å². The first-order valence-electron chi connectivity index (χ1n) is 5.34. The zero-order chi connectivity index (χ0) is 11.6. The number of piperidine rings is 1. The minimum absolute atomic E-state index is 0.0873. The number of rotatable bonds is 2. The molecule has 0 unspecified atom stereocenters. The van der Waals surface area contributed by atoms with Crippen LogP contribution in [0.25, 0.3) is 0 Å². The SMILES string of the molecule is O=S(=O)(c1ccc(O)cc1)C1CCNCC1. The number of nitrogens with one attached hydrogen (secondary N) is 1. The molecule has 2 rings (SSSR count). The van der Waals surface area contributed by atoms with E-state index < -0.39 is 9.84 Å². The lowest BCUT2D eigenvalue weighted by molar-refractivity contribution is 0.474. The maximum absolute atomic E-state index is 12.2. The first-order chi connectivity index (χ1) is 7.60. The molecule has 88 valence electrons. The standard InChI is InChI=1S/C11H15NO3S/c13-9-1-3-10(4-2-9)16(14,15)11-5-7-12-8-6-11/h1-4,11-13H,5-8H2. The van der Waals surface area contributed by atoms with Gasteiger partial charge < -0.3 is 10.4 Å². The van der Waals surface area contributed by atoms with Crippen molar-refractivity contribution in [2.75, 3.05) is 13.1 Å². The van der Waals surface area contributed by atoms with Crippen molar-refractivity contribution in [2.24, 2.45) is 0 Å². The van der Waals surface area contributed by atoms with E-state index in [9.17, 15) is 8.42 Å². The van der Waals surface area contributed by atoms with Crippen molar-refractivity contribution in [1.82, 2.24) is 5.32 Å². The van der Waals surface area contributed by atoms with Crippen LogP contribution in [0.4, 0.5) is 0 Å². The summed E-state index contributed by atoms with van der Waals surface area (Å²) in [5, 5.41) is 12.0. The van der Waals surface area contributed by atoms with Crippen molar-refractivity contribution in [1.29, 1.82) is 0 Å². The maximum Gasteiger partial charge on any atom is 0.181 e. The van der Waals surface area contributed by atoms with Gasteiger partial charge in [-0.1, -0.05) is 0 Å². The van der Waals surface area contributed by atoms with Gasteiger partial charge in [0.1, 0.15) is 5.75 Å². The summed E-state index contributed by atoms with van der Waals surface area (Å²) in [5.41, 5.74) is 0. The summed E-state index contributed by atoms with van der Waals surface area (Å²) < 4.78 is 24.4. The molecule has 16 heavy (non-hydrogen) atoms. The fourth-order valence-electron chi connectivity index (χ4n) is 1.93. The summed E-state index contributed by atoms with van der Waals surface area (Å²) in [4.78, 5) is 0.303. The summed E-state index contributed by atoms with van der Waals surface area (Å²) in [5.74, 6) is 0.0873. The highest BCUT2D eigenvalue weighted by Gasteiger charge is 2.28. The Labute approximate surface area is 95.2 Å². The number of sulfone groups is 1. The van der Waals surface area contributed by atoms with Crippen LogP contribution in [0.1, 0.15) is 12.8 Å². The number of hydrogen-bond acceptors (Lipinski definition) is 4. The molecule has 0 atom stereocenters. The first kappa shape index (κ1) is 11.4. The maximum atomic E-state index is 12.2. The molecular weight excluding hydrogens is 226 g/mol. The van der Waals surface area contributed by atoms with Crippen LogP contribution in [0.15, 0.2) is 29.2 Å². The summed E-state index contributed by atoms with van der Waals surface area (Å²) in [6, 6.07) is 5.75. The predicted molar refractivity (Wildman–Crippen MR) is 61.2 cm³/mol. The van der Waals surface area contributed by atoms with Crippen LogP contribution in [-0.4, -0.2) is 31.9 Å². The third-order valence-electron chi connectivity index (χ3n) is 2.89. The van der Waals surface area contributed by atoms with Crippen LogP contribution in [0.3, 0.4) is 0 Å². The van der Waals surface area contributed by atoms with Gasteiger partial charge in [-0.15, -0.1) is 0 Å². The highest BCUT2D eigenvalue weighted by molar-refractivity contribution is 7.92. The average Bonchev–Trinajstić information content (AvgIpc) is 2.31. The third kappa shape index (κ3) is 2.20. The van der Waals surface area contributed by atoms with E-state index >= 15 is 0 Å². The molecule has 0 spiro atoms. The molecule has 1 aromatic rings. The van der Waals surface area contributed by atoms with Gasteiger partial charge in [0.25, 0.3) is 0 Å². The lowest BCUT2D eigenvalue weighted by Gasteiger charge is -2.22. The Kier molecular flexibility index (Phi) is 3.16. The van der Waals surface area contributed by atoms with E-state index in [1.165, 1.54) is 24.3 Å². The van der Waals surface area contributed by atoms with Gasteiger partial charge >= 0.3 is 0 Å². The largest absolute Gasteiger partial charge is 0.508 e. The van der Waals surface area contributed by atoms with Crippen molar-refractivity contribution in [3.63, 3.8) is 0 Å². The fraction of sp³-hybridized carbons (Fsp3) is 0.455. The van der Waals surface area contributed by atoms with E-state index in [0.717, 1.165) is 13.1 Å². The Morgan fingerprint density at radius 2 is 1.69 bits per heavy atom. The number of aromatic hydroxyl groups is 1. The third-order valence-corrected chi connectivity index (χ3v) is 5.17. The van der Waals surface area contributed by atoms with Crippen molar-refractivity contribution in [3.05, 3.63) is 24.3 Å². The zero-order valence-electron chi connectivity index (χ0n) is 8.89. The number of benzene rings is 1. The molecule has 1 saturated heterocycles. The second kappa shape index (κ2) is 4.43. The van der Waals surface area contributed by atoms with E-state index in [4.69, 9.17) is 5.11 Å². The van der Waals surface area contributed by atoms with Crippen LogP contribution in [0, 0.1) is 0 Å². The number of phenolic OH excluding ortho intramolecular Hbond substituents is 1. The Bertz CT molecular complexity index is 447. The van der Waals surface area contributed by atoms with Crippen molar-refractivity contribution in [3.8, 4) is 5.75 Å². The second-order valence-corrected chi connectivity index (χ2v) is 6.22. The first-order valence-corrected chi connectivity index (χ1v) is 6.89. The zero-order valence-corrected chi connectivity index (χ0v) is 9.70. The topological polar surface area (TPSA) is 66.4 Å². The molecule has 0 aromatic heterocycles. The molecule has 1 heterocycles. The van der Waals surface area contributed by atoms with E-state index in [0.29, 0.717) is 17.7 Å². The lowest BCUT2D eigenvalue weighted by Crippen LogP contribution is -2.35. The van der Waals surface area contributed by atoms with Crippen LogP contribution >= 0.6 is 0 Å². The lowest BCUT2D eigenvalue weighted by atomic mass is 10.2. The Hall–Kier alpha value is -1.07. The molecule has 1 aromatic carbocycles. The summed E-state index contributed by atoms with van der Waals surface area (Å²) in [6.07, 6.45) is 1.31. The second-order valence-electron chi connectivity index (χ2n) is 3.99. The molecule has 0 amide bonds. The minimum Gasteiger partial charge on any atom is -0.508 e. The molecular formula is C11H15NO3S. The molecule has 0 bridgehead atoms. The van der Waals surface area contributed by atoms with Gasteiger partial charge in [0.2, 0.25) is 0 Å². The van der Waals surface area contributed by atoms with Gasteiger partial charge in [-0.25, -0.2) is 8.42 Å². The Morgan fingerprint density at radius 3 is 2.25 bits per heavy atom. The summed E-state index contributed by atoms with van der Waals surface area (Å²) in [6.45, 7) is 1.50. The molecule has 1 fully saturated rings. The smallest absolute Gasteiger partial charge is 0.181 e. The predicted octanol–water partition coefficient (Wildman–Crippen LogP) is 0.918. The molecule has 2 N–H and O–H groups in total. The fourth-order valence-corrected chi connectivity index (χ4v) is 3.69. The van der Waals surface area contributed by atoms with Gasteiger partial charge in [0, 0.05) is 0 Å². The summed E-state index contributed by atoms with van der Waals surface area (Å²) >= 11 is 0. The Balaban J connectivity index is 2.27. The van der Waals surface area contributed by atoms with Gasteiger partial charge in [0.05, 0.1) is 10.1 Å². The van der Waals surface area contributed by atoms with Crippen molar-refractivity contribution < 1.29 is 13.5 Å². The Morgan fingerprint density at radius 1 is 1.12 bits per heavy atom. The highest BCUT2D eigenvalue weighted by atomic mass is 32.2. The van der Waals surface area contributed by atoms with Crippen molar-refractivity contribution >= 4 is 9.84 Å². The normalized spacial score (nSPS) is 18.5. The van der Waals surface area contributed by atoms with E-state index in [-0.39, 0.29) is 11.0 Å². The molecule has 4 nitrogen and oxygen atoms in total. The van der Waals surface area contributed by atoms with E-state index in [2.05, 4.69) is 5.32 Å². The average molecular weight is 241 g/mol. The van der Waals surface area contributed by atoms with Crippen molar-refractivity contribution in [2.45, 2.75) is 23.0 Å². The van der Waals surface area contributed by atoms with E-state index in [1.807, 2.05) is 0 Å².